The minimum atomic E-state index is -0.570. The quantitative estimate of drug-likeness (QED) is 0.834. The van der Waals surface area contributed by atoms with E-state index in [1.165, 1.54) is 32.1 Å². The van der Waals surface area contributed by atoms with Crippen molar-refractivity contribution < 1.29 is 9.90 Å². The molecule has 0 aromatic heterocycles. The van der Waals surface area contributed by atoms with Gasteiger partial charge in [-0.3, -0.25) is 9.69 Å². The average Bonchev–Trinajstić information content (AvgIpc) is 2.87. The van der Waals surface area contributed by atoms with Crippen molar-refractivity contribution in [2.75, 3.05) is 6.54 Å². The van der Waals surface area contributed by atoms with Gasteiger partial charge in [-0.25, -0.2) is 0 Å². The van der Waals surface area contributed by atoms with Crippen molar-refractivity contribution >= 4 is 5.97 Å². The standard InChI is InChI=1S/C16H27NO2/c1-10-5-3-6-11(2)14(10)17-9-12-7-4-8-13(12)15(17)16(18)19/h10-15H,3-9H2,1-2H3,(H,18,19). The van der Waals surface area contributed by atoms with Crippen LogP contribution in [0.15, 0.2) is 0 Å². The molecular formula is C16H27NO2. The molecule has 3 rings (SSSR count). The van der Waals surface area contributed by atoms with E-state index in [0.29, 0.717) is 29.7 Å². The SMILES string of the molecule is CC1CCCC(C)C1N1CC2CCCC2C1C(=O)O. The van der Waals surface area contributed by atoms with Crippen LogP contribution in [0.4, 0.5) is 0 Å². The van der Waals surface area contributed by atoms with E-state index in [-0.39, 0.29) is 6.04 Å². The Balaban J connectivity index is 1.84. The zero-order valence-electron chi connectivity index (χ0n) is 12.2. The first kappa shape index (κ1) is 13.4. The van der Waals surface area contributed by atoms with Crippen LogP contribution in [0.1, 0.15) is 52.4 Å². The molecule has 19 heavy (non-hydrogen) atoms. The fraction of sp³-hybridized carbons (Fsp3) is 0.938. The Morgan fingerprint density at radius 1 is 1.05 bits per heavy atom. The van der Waals surface area contributed by atoms with Crippen molar-refractivity contribution in [2.24, 2.45) is 23.7 Å². The molecule has 0 spiro atoms. The number of likely N-dealkylation sites (tertiary alicyclic amines) is 1. The maximum Gasteiger partial charge on any atom is 0.321 e. The molecule has 0 bridgehead atoms. The van der Waals surface area contributed by atoms with Gasteiger partial charge in [-0.05, 0) is 49.4 Å². The third-order valence-corrected chi connectivity index (χ3v) is 6.05. The number of carbonyl (C=O) groups is 1. The van der Waals surface area contributed by atoms with E-state index >= 15 is 0 Å². The van der Waals surface area contributed by atoms with Crippen molar-refractivity contribution in [2.45, 2.75) is 64.5 Å². The minimum absolute atomic E-state index is 0.194. The van der Waals surface area contributed by atoms with Gasteiger partial charge in [-0.2, -0.15) is 0 Å². The van der Waals surface area contributed by atoms with E-state index in [4.69, 9.17) is 0 Å². The molecule has 5 atom stereocenters. The lowest BCUT2D eigenvalue weighted by Crippen LogP contribution is -2.52. The molecule has 3 nitrogen and oxygen atoms in total. The number of hydrogen-bond donors (Lipinski definition) is 1. The molecular weight excluding hydrogens is 238 g/mol. The number of hydrogen-bond acceptors (Lipinski definition) is 2. The summed E-state index contributed by atoms with van der Waals surface area (Å²) in [7, 11) is 0. The molecule has 0 aromatic rings. The van der Waals surface area contributed by atoms with Crippen LogP contribution in [0.3, 0.4) is 0 Å². The Hall–Kier alpha value is -0.570. The number of aliphatic carboxylic acids is 1. The molecule has 3 heteroatoms. The molecule has 0 radical (unpaired) electrons. The van der Waals surface area contributed by atoms with Gasteiger partial charge in [0.1, 0.15) is 6.04 Å². The predicted molar refractivity (Wildman–Crippen MR) is 74.9 cm³/mol. The highest BCUT2D eigenvalue weighted by Gasteiger charge is 2.51. The highest BCUT2D eigenvalue weighted by atomic mass is 16.4. The van der Waals surface area contributed by atoms with Crippen molar-refractivity contribution in [3.63, 3.8) is 0 Å². The maximum atomic E-state index is 11.8. The van der Waals surface area contributed by atoms with Crippen molar-refractivity contribution in [3.05, 3.63) is 0 Å². The van der Waals surface area contributed by atoms with Crippen LogP contribution in [0, 0.1) is 23.7 Å². The monoisotopic (exact) mass is 265 g/mol. The highest BCUT2D eigenvalue weighted by molar-refractivity contribution is 5.74. The van der Waals surface area contributed by atoms with Gasteiger partial charge in [0, 0.05) is 12.6 Å². The largest absolute Gasteiger partial charge is 0.480 e. The number of nitrogens with zero attached hydrogens (tertiary/aromatic N) is 1. The summed E-state index contributed by atoms with van der Waals surface area (Å²) in [5.74, 6) is 1.83. The summed E-state index contributed by atoms with van der Waals surface area (Å²) in [6, 6.07) is 0.306. The molecule has 1 heterocycles. The van der Waals surface area contributed by atoms with Crippen LogP contribution in [0.5, 0.6) is 0 Å². The lowest BCUT2D eigenvalue weighted by atomic mass is 9.77. The number of carboxylic acid groups (broad SMARTS) is 1. The van der Waals surface area contributed by atoms with E-state index in [1.54, 1.807) is 0 Å². The van der Waals surface area contributed by atoms with E-state index in [2.05, 4.69) is 18.7 Å². The van der Waals surface area contributed by atoms with Crippen molar-refractivity contribution in [1.29, 1.82) is 0 Å². The summed E-state index contributed by atoms with van der Waals surface area (Å²) >= 11 is 0. The first-order valence-electron chi connectivity index (χ1n) is 8.08. The van der Waals surface area contributed by atoms with Crippen LogP contribution < -0.4 is 0 Å². The third kappa shape index (κ3) is 2.20. The second kappa shape index (κ2) is 5.08. The molecule has 3 fully saturated rings. The minimum Gasteiger partial charge on any atom is -0.480 e. The Morgan fingerprint density at radius 2 is 1.68 bits per heavy atom. The summed E-state index contributed by atoms with van der Waals surface area (Å²) in [5.41, 5.74) is 0. The normalized spacial score (nSPS) is 47.3. The number of carboxylic acids is 1. The van der Waals surface area contributed by atoms with Gasteiger partial charge in [-0.15, -0.1) is 0 Å². The zero-order valence-corrected chi connectivity index (χ0v) is 12.2. The highest BCUT2D eigenvalue weighted by Crippen LogP contribution is 2.46. The molecule has 0 amide bonds. The van der Waals surface area contributed by atoms with Gasteiger partial charge >= 0.3 is 5.97 Å². The molecule has 3 aliphatic rings. The summed E-state index contributed by atoms with van der Waals surface area (Å²) in [5, 5.41) is 9.69. The first-order valence-corrected chi connectivity index (χ1v) is 8.08. The fourth-order valence-corrected chi connectivity index (χ4v) is 5.29. The smallest absolute Gasteiger partial charge is 0.321 e. The Kier molecular flexibility index (Phi) is 3.59. The summed E-state index contributed by atoms with van der Waals surface area (Å²) in [4.78, 5) is 14.2. The van der Waals surface area contributed by atoms with Gasteiger partial charge in [0.05, 0.1) is 0 Å². The second-order valence-electron chi connectivity index (χ2n) is 7.21. The van der Waals surface area contributed by atoms with Gasteiger partial charge < -0.3 is 5.11 Å². The molecule has 1 N–H and O–H groups in total. The fourth-order valence-electron chi connectivity index (χ4n) is 5.29. The maximum absolute atomic E-state index is 11.8. The van der Waals surface area contributed by atoms with Crippen molar-refractivity contribution in [1.82, 2.24) is 4.90 Å². The molecule has 1 saturated heterocycles. The molecule has 2 saturated carbocycles. The molecule has 5 unspecified atom stereocenters. The van der Waals surface area contributed by atoms with Gasteiger partial charge in [0.2, 0.25) is 0 Å². The van der Waals surface area contributed by atoms with Gasteiger partial charge in [0.15, 0.2) is 0 Å². The lowest BCUT2D eigenvalue weighted by Gasteiger charge is -2.43. The van der Waals surface area contributed by atoms with Gasteiger partial charge in [-0.1, -0.05) is 26.7 Å². The topological polar surface area (TPSA) is 40.5 Å². The van der Waals surface area contributed by atoms with E-state index in [0.717, 1.165) is 13.0 Å². The lowest BCUT2D eigenvalue weighted by molar-refractivity contribution is -0.145. The van der Waals surface area contributed by atoms with Crippen molar-refractivity contribution in [3.8, 4) is 0 Å². The van der Waals surface area contributed by atoms with Crippen LogP contribution in [0.2, 0.25) is 0 Å². The summed E-state index contributed by atoms with van der Waals surface area (Å²) in [6.07, 6.45) is 7.48. The van der Waals surface area contributed by atoms with E-state index in [9.17, 15) is 9.90 Å². The Bertz CT molecular complexity index is 347. The molecule has 1 aliphatic heterocycles. The first-order chi connectivity index (χ1) is 9.09. The average molecular weight is 265 g/mol. The van der Waals surface area contributed by atoms with Gasteiger partial charge in [0.25, 0.3) is 0 Å². The predicted octanol–water partition coefficient (Wildman–Crippen LogP) is 3.00. The zero-order chi connectivity index (χ0) is 13.6. The molecule has 0 aromatic carbocycles. The van der Waals surface area contributed by atoms with E-state index < -0.39 is 5.97 Å². The second-order valence-corrected chi connectivity index (χ2v) is 7.21. The third-order valence-electron chi connectivity index (χ3n) is 6.05. The Morgan fingerprint density at radius 3 is 2.32 bits per heavy atom. The van der Waals surface area contributed by atoms with E-state index in [1.807, 2.05) is 0 Å². The van der Waals surface area contributed by atoms with Crippen LogP contribution in [-0.4, -0.2) is 34.6 Å². The Labute approximate surface area is 116 Å². The van der Waals surface area contributed by atoms with Crippen LogP contribution in [0.25, 0.3) is 0 Å². The summed E-state index contributed by atoms with van der Waals surface area (Å²) < 4.78 is 0. The molecule has 2 aliphatic carbocycles. The summed E-state index contributed by atoms with van der Waals surface area (Å²) in [6.45, 7) is 5.70. The number of rotatable bonds is 2. The number of fused-ring (bicyclic) bond motifs is 1. The van der Waals surface area contributed by atoms with Crippen LogP contribution >= 0.6 is 0 Å². The molecule has 108 valence electrons. The van der Waals surface area contributed by atoms with Crippen LogP contribution in [-0.2, 0) is 4.79 Å².